The van der Waals surface area contributed by atoms with Gasteiger partial charge in [0, 0.05) is 4.90 Å². The number of alkyl halides is 2. The fourth-order valence-electron chi connectivity index (χ4n) is 1.83. The number of hydrogen-bond donors (Lipinski definition) is 3. The summed E-state index contributed by atoms with van der Waals surface area (Å²) in [4.78, 5) is 23.6. The number of para-hydroxylation sites is 1. The van der Waals surface area contributed by atoms with Crippen LogP contribution in [0.25, 0.3) is 0 Å². The maximum atomic E-state index is 12.5. The second-order valence-electron chi connectivity index (χ2n) is 4.74. The van der Waals surface area contributed by atoms with Crippen molar-refractivity contribution in [2.75, 3.05) is 5.32 Å². The first-order chi connectivity index (χ1) is 10.3. The summed E-state index contributed by atoms with van der Waals surface area (Å²) in [6, 6.07) is 4.62. The summed E-state index contributed by atoms with van der Waals surface area (Å²) in [5.74, 6) is -3.23. The van der Waals surface area contributed by atoms with E-state index in [4.69, 9.17) is 5.73 Å². The highest BCUT2D eigenvalue weighted by molar-refractivity contribution is 7.99. The van der Waals surface area contributed by atoms with Gasteiger partial charge < -0.3 is 16.4 Å². The number of carbonyl (C=O) groups excluding carboxylic acids is 2. The maximum absolute atomic E-state index is 12.5. The van der Waals surface area contributed by atoms with E-state index in [1.54, 1.807) is 19.1 Å². The Balaban J connectivity index is 2.91. The van der Waals surface area contributed by atoms with Crippen LogP contribution in [0.4, 0.5) is 19.3 Å². The highest BCUT2D eigenvalue weighted by atomic mass is 32.2. The number of rotatable bonds is 7. The number of thioether (sulfide) groups is 1. The van der Waals surface area contributed by atoms with Gasteiger partial charge in [0.15, 0.2) is 0 Å². The van der Waals surface area contributed by atoms with Crippen LogP contribution in [0.1, 0.15) is 20.3 Å². The number of nitrogens with one attached hydrogen (secondary N) is 2. The molecule has 0 aliphatic rings. The number of benzene rings is 1. The minimum absolute atomic E-state index is 0.151. The van der Waals surface area contributed by atoms with Gasteiger partial charge in [0.25, 0.3) is 5.76 Å². The molecule has 0 aromatic heterocycles. The number of anilines is 1. The molecule has 3 amide bonds. The van der Waals surface area contributed by atoms with E-state index in [-0.39, 0.29) is 16.5 Å². The average molecular weight is 331 g/mol. The number of primary amides is 1. The van der Waals surface area contributed by atoms with Gasteiger partial charge >= 0.3 is 6.03 Å². The lowest BCUT2D eigenvalue weighted by Crippen LogP contribution is -2.49. The van der Waals surface area contributed by atoms with E-state index in [1.807, 2.05) is 6.92 Å². The summed E-state index contributed by atoms with van der Waals surface area (Å²) >= 11 is 0.347. The van der Waals surface area contributed by atoms with Crippen LogP contribution in [-0.4, -0.2) is 23.7 Å². The van der Waals surface area contributed by atoms with Gasteiger partial charge in [-0.05, 0) is 18.1 Å². The van der Waals surface area contributed by atoms with Crippen molar-refractivity contribution in [3.63, 3.8) is 0 Å². The molecule has 0 fully saturated rings. The lowest BCUT2D eigenvalue weighted by molar-refractivity contribution is -0.119. The van der Waals surface area contributed by atoms with E-state index in [9.17, 15) is 18.4 Å². The van der Waals surface area contributed by atoms with Crippen LogP contribution in [0.15, 0.2) is 29.2 Å². The van der Waals surface area contributed by atoms with Gasteiger partial charge in [0.2, 0.25) is 5.91 Å². The number of amides is 3. The largest absolute Gasteiger partial charge is 0.352 e. The predicted octanol–water partition coefficient (Wildman–Crippen LogP) is 3.02. The number of carbonyl (C=O) groups is 2. The van der Waals surface area contributed by atoms with E-state index >= 15 is 0 Å². The van der Waals surface area contributed by atoms with Gasteiger partial charge in [0.1, 0.15) is 6.04 Å². The predicted molar refractivity (Wildman–Crippen MR) is 82.9 cm³/mol. The summed E-state index contributed by atoms with van der Waals surface area (Å²) < 4.78 is 25.1. The Kier molecular flexibility index (Phi) is 7.10. The van der Waals surface area contributed by atoms with Gasteiger partial charge in [-0.3, -0.25) is 4.79 Å². The molecule has 5 nitrogen and oxygen atoms in total. The SMILES string of the molecule is CC[C@H](C)[C@@H](NC(N)=O)C(=O)Nc1ccccc1SC(F)F. The van der Waals surface area contributed by atoms with E-state index in [2.05, 4.69) is 10.6 Å². The molecule has 0 bridgehead atoms. The minimum atomic E-state index is -2.59. The molecule has 2 atom stereocenters. The molecule has 1 aromatic rings. The summed E-state index contributed by atoms with van der Waals surface area (Å²) in [6.45, 7) is 3.66. The van der Waals surface area contributed by atoms with Crippen molar-refractivity contribution < 1.29 is 18.4 Å². The summed E-state index contributed by atoms with van der Waals surface area (Å²) in [6.07, 6.45) is 0.645. The van der Waals surface area contributed by atoms with E-state index in [0.29, 0.717) is 18.2 Å². The number of halogens is 2. The molecule has 0 saturated heterocycles. The normalized spacial score (nSPS) is 13.5. The van der Waals surface area contributed by atoms with Crippen LogP contribution in [-0.2, 0) is 4.79 Å². The highest BCUT2D eigenvalue weighted by Crippen LogP contribution is 2.31. The molecule has 22 heavy (non-hydrogen) atoms. The van der Waals surface area contributed by atoms with Gasteiger partial charge in [-0.2, -0.15) is 8.78 Å². The highest BCUT2D eigenvalue weighted by Gasteiger charge is 2.26. The molecule has 0 heterocycles. The Labute approximate surface area is 132 Å². The van der Waals surface area contributed by atoms with E-state index in [0.717, 1.165) is 0 Å². The zero-order chi connectivity index (χ0) is 16.7. The molecule has 122 valence electrons. The Morgan fingerprint density at radius 1 is 1.32 bits per heavy atom. The Morgan fingerprint density at radius 3 is 2.50 bits per heavy atom. The first-order valence-corrected chi connectivity index (χ1v) is 7.63. The van der Waals surface area contributed by atoms with Crippen molar-refractivity contribution in [1.29, 1.82) is 0 Å². The third-order valence-corrected chi connectivity index (χ3v) is 3.94. The molecule has 8 heteroatoms. The zero-order valence-electron chi connectivity index (χ0n) is 12.3. The van der Waals surface area contributed by atoms with Gasteiger partial charge in [0.05, 0.1) is 5.69 Å². The topological polar surface area (TPSA) is 84.2 Å². The van der Waals surface area contributed by atoms with Crippen molar-refractivity contribution in [1.82, 2.24) is 5.32 Å². The summed E-state index contributed by atoms with van der Waals surface area (Å²) in [5, 5.41) is 4.96. The van der Waals surface area contributed by atoms with Crippen molar-refractivity contribution in [3.8, 4) is 0 Å². The fourth-order valence-corrected chi connectivity index (χ4v) is 2.43. The molecule has 0 aliphatic carbocycles. The molecule has 1 aromatic carbocycles. The number of urea groups is 1. The maximum Gasteiger partial charge on any atom is 0.312 e. The molecule has 0 saturated carbocycles. The summed E-state index contributed by atoms with van der Waals surface area (Å²) in [7, 11) is 0. The fraction of sp³-hybridized carbons (Fsp3) is 0.429. The van der Waals surface area contributed by atoms with Gasteiger partial charge in [-0.25, -0.2) is 4.79 Å². The van der Waals surface area contributed by atoms with E-state index in [1.165, 1.54) is 12.1 Å². The first-order valence-electron chi connectivity index (χ1n) is 6.75. The molecule has 0 unspecified atom stereocenters. The lowest BCUT2D eigenvalue weighted by atomic mass is 9.98. The summed E-state index contributed by atoms with van der Waals surface area (Å²) in [5.41, 5.74) is 5.35. The number of hydrogen-bond acceptors (Lipinski definition) is 3. The second-order valence-corrected chi connectivity index (χ2v) is 5.77. The second kappa shape index (κ2) is 8.57. The molecule has 0 radical (unpaired) electrons. The first kappa shape index (κ1) is 18.2. The Morgan fingerprint density at radius 2 is 1.95 bits per heavy atom. The molecule has 1 rings (SSSR count). The molecule has 0 aliphatic heterocycles. The van der Waals surface area contributed by atoms with Crippen LogP contribution in [0.3, 0.4) is 0 Å². The molecular formula is C14H19F2N3O2S. The van der Waals surface area contributed by atoms with Crippen molar-refractivity contribution in [3.05, 3.63) is 24.3 Å². The van der Waals surface area contributed by atoms with Crippen LogP contribution < -0.4 is 16.4 Å². The van der Waals surface area contributed by atoms with Crippen molar-refractivity contribution >= 4 is 29.4 Å². The van der Waals surface area contributed by atoms with Crippen molar-refractivity contribution in [2.45, 2.75) is 37.0 Å². The zero-order valence-corrected chi connectivity index (χ0v) is 13.1. The van der Waals surface area contributed by atoms with Gasteiger partial charge in [-0.1, -0.05) is 44.2 Å². The Hall–Kier alpha value is -1.83. The third kappa shape index (κ3) is 5.51. The Bertz CT molecular complexity index is 529. The van der Waals surface area contributed by atoms with Crippen LogP contribution >= 0.6 is 11.8 Å². The average Bonchev–Trinajstić information content (AvgIpc) is 2.45. The minimum Gasteiger partial charge on any atom is -0.352 e. The lowest BCUT2D eigenvalue weighted by Gasteiger charge is -2.23. The molecule has 4 N–H and O–H groups in total. The quantitative estimate of drug-likeness (QED) is 0.672. The van der Waals surface area contributed by atoms with Crippen LogP contribution in [0, 0.1) is 5.92 Å². The standard InChI is InChI=1S/C14H19F2N3O2S/c1-3-8(2)11(19-14(17)21)12(20)18-9-6-4-5-7-10(9)22-13(15)16/h4-8,11,13H,3H2,1-2H3,(H,18,20)(H3,17,19,21)/t8-,11+/m0/s1. The van der Waals surface area contributed by atoms with Crippen LogP contribution in [0.5, 0.6) is 0 Å². The van der Waals surface area contributed by atoms with Gasteiger partial charge in [-0.15, -0.1) is 0 Å². The molecule has 0 spiro atoms. The number of nitrogens with two attached hydrogens (primary N) is 1. The smallest absolute Gasteiger partial charge is 0.312 e. The third-order valence-electron chi connectivity index (χ3n) is 3.15. The monoisotopic (exact) mass is 331 g/mol. The van der Waals surface area contributed by atoms with E-state index < -0.39 is 23.7 Å². The van der Waals surface area contributed by atoms with Crippen molar-refractivity contribution in [2.24, 2.45) is 11.7 Å². The van der Waals surface area contributed by atoms with Crippen LogP contribution in [0.2, 0.25) is 0 Å². The molecular weight excluding hydrogens is 312 g/mol.